The van der Waals surface area contributed by atoms with Crippen LogP contribution in [0.2, 0.25) is 5.02 Å². The fourth-order valence-corrected chi connectivity index (χ4v) is 2.98. The Labute approximate surface area is 150 Å². The Bertz CT molecular complexity index is 749. The molecular formula is C18H19ClN2O4. The lowest BCUT2D eigenvalue weighted by molar-refractivity contribution is 0.0559. The van der Waals surface area contributed by atoms with Gasteiger partial charge in [-0.3, -0.25) is 9.69 Å². The number of carbonyl (C=O) groups excluding carboxylic acids is 2. The van der Waals surface area contributed by atoms with Gasteiger partial charge in [0.2, 0.25) is 5.76 Å². The molecule has 2 heterocycles. The molecule has 1 aromatic heterocycles. The number of carbonyl (C=O) groups is 2. The van der Waals surface area contributed by atoms with Crippen molar-refractivity contribution in [2.24, 2.45) is 0 Å². The maximum atomic E-state index is 12.5. The van der Waals surface area contributed by atoms with Gasteiger partial charge in [0.25, 0.3) is 5.91 Å². The summed E-state index contributed by atoms with van der Waals surface area (Å²) in [5, 5.41) is 0.614. The van der Waals surface area contributed by atoms with Crippen molar-refractivity contribution in [1.29, 1.82) is 0 Å². The normalized spacial score (nSPS) is 15.2. The summed E-state index contributed by atoms with van der Waals surface area (Å²) in [7, 11) is 1.33. The molecule has 6 nitrogen and oxygen atoms in total. The summed E-state index contributed by atoms with van der Waals surface area (Å²) in [4.78, 5) is 28.2. The van der Waals surface area contributed by atoms with E-state index in [0.717, 1.165) is 18.7 Å². The van der Waals surface area contributed by atoms with E-state index in [2.05, 4.69) is 4.90 Å². The van der Waals surface area contributed by atoms with Crippen LogP contribution in [0, 0.1) is 0 Å². The van der Waals surface area contributed by atoms with Crippen molar-refractivity contribution in [3.63, 3.8) is 0 Å². The Morgan fingerprint density at radius 2 is 1.80 bits per heavy atom. The van der Waals surface area contributed by atoms with E-state index in [1.54, 1.807) is 30.3 Å². The molecule has 1 fully saturated rings. The molecule has 0 unspecified atom stereocenters. The van der Waals surface area contributed by atoms with Crippen molar-refractivity contribution in [1.82, 2.24) is 9.80 Å². The third-order valence-electron chi connectivity index (χ3n) is 4.26. The second-order valence-electron chi connectivity index (χ2n) is 5.84. The molecule has 1 saturated heterocycles. The number of esters is 1. The first-order chi connectivity index (χ1) is 12.1. The molecular weight excluding hydrogens is 344 g/mol. The number of nitrogens with zero attached hydrogens (tertiary/aromatic N) is 2. The lowest BCUT2D eigenvalue weighted by atomic mass is 10.1. The van der Waals surface area contributed by atoms with Gasteiger partial charge in [0, 0.05) is 48.9 Å². The van der Waals surface area contributed by atoms with Crippen LogP contribution in [0.5, 0.6) is 0 Å². The number of benzene rings is 1. The van der Waals surface area contributed by atoms with E-state index in [0.29, 0.717) is 30.2 Å². The van der Waals surface area contributed by atoms with Gasteiger partial charge in [-0.15, -0.1) is 0 Å². The molecule has 3 rings (SSSR count). The van der Waals surface area contributed by atoms with E-state index in [1.165, 1.54) is 13.4 Å². The summed E-state index contributed by atoms with van der Waals surface area (Å²) in [6.07, 6.45) is 1.49. The standard InChI is InChI=1S/C18H19ClN2O4/c1-24-18(23)16-14(6-11-25-16)12-20-7-9-21(10-8-20)17(22)13-2-4-15(19)5-3-13/h2-6,11H,7-10,12H2,1H3. The average molecular weight is 363 g/mol. The third-order valence-corrected chi connectivity index (χ3v) is 4.51. The molecule has 0 bridgehead atoms. The maximum Gasteiger partial charge on any atom is 0.374 e. The van der Waals surface area contributed by atoms with E-state index >= 15 is 0 Å². The lowest BCUT2D eigenvalue weighted by Gasteiger charge is -2.34. The highest BCUT2D eigenvalue weighted by Crippen LogP contribution is 2.17. The first-order valence-electron chi connectivity index (χ1n) is 8.00. The number of hydrogen-bond acceptors (Lipinski definition) is 5. The predicted octanol–water partition coefficient (Wildman–Crippen LogP) is 2.68. The Morgan fingerprint density at radius 1 is 1.12 bits per heavy atom. The Morgan fingerprint density at radius 3 is 2.44 bits per heavy atom. The van der Waals surface area contributed by atoms with Gasteiger partial charge < -0.3 is 14.1 Å². The number of rotatable bonds is 4. The van der Waals surface area contributed by atoms with Crippen LogP contribution in [-0.4, -0.2) is 55.0 Å². The van der Waals surface area contributed by atoms with Gasteiger partial charge in [0.05, 0.1) is 13.4 Å². The number of halogens is 1. The van der Waals surface area contributed by atoms with Crippen LogP contribution < -0.4 is 0 Å². The summed E-state index contributed by atoms with van der Waals surface area (Å²) in [5.41, 5.74) is 1.44. The number of hydrogen-bond donors (Lipinski definition) is 0. The van der Waals surface area contributed by atoms with Crippen LogP contribution in [0.15, 0.2) is 41.0 Å². The van der Waals surface area contributed by atoms with E-state index < -0.39 is 5.97 Å². The zero-order valence-corrected chi connectivity index (χ0v) is 14.7. The number of ether oxygens (including phenoxy) is 1. The van der Waals surface area contributed by atoms with Crippen LogP contribution >= 0.6 is 11.6 Å². The second-order valence-corrected chi connectivity index (χ2v) is 6.28. The zero-order chi connectivity index (χ0) is 17.8. The molecule has 0 aliphatic carbocycles. The SMILES string of the molecule is COC(=O)c1occc1CN1CCN(C(=O)c2ccc(Cl)cc2)CC1. The first kappa shape index (κ1) is 17.5. The van der Waals surface area contributed by atoms with E-state index in [-0.39, 0.29) is 11.7 Å². The first-order valence-corrected chi connectivity index (χ1v) is 8.38. The fourth-order valence-electron chi connectivity index (χ4n) is 2.86. The number of piperazine rings is 1. The van der Waals surface area contributed by atoms with Crippen LogP contribution in [0.25, 0.3) is 0 Å². The molecule has 2 aromatic rings. The summed E-state index contributed by atoms with van der Waals surface area (Å²) in [5.74, 6) is -0.228. The molecule has 0 atom stereocenters. The minimum atomic E-state index is -0.475. The van der Waals surface area contributed by atoms with Gasteiger partial charge in [-0.05, 0) is 30.3 Å². The molecule has 132 valence electrons. The lowest BCUT2D eigenvalue weighted by Crippen LogP contribution is -2.48. The Balaban J connectivity index is 1.57. The minimum absolute atomic E-state index is 0.00915. The van der Waals surface area contributed by atoms with Crippen molar-refractivity contribution in [2.45, 2.75) is 6.54 Å². The highest BCUT2D eigenvalue weighted by Gasteiger charge is 2.24. The molecule has 0 N–H and O–H groups in total. The molecule has 0 radical (unpaired) electrons. The summed E-state index contributed by atoms with van der Waals surface area (Å²) in [6.45, 7) is 3.31. The highest BCUT2D eigenvalue weighted by molar-refractivity contribution is 6.30. The third kappa shape index (κ3) is 4.03. The number of furan rings is 1. The quantitative estimate of drug-likeness (QED) is 0.782. The molecule has 1 aliphatic rings. The molecule has 0 spiro atoms. The smallest absolute Gasteiger partial charge is 0.374 e. The van der Waals surface area contributed by atoms with Crippen molar-refractivity contribution in [3.05, 3.63) is 58.5 Å². The van der Waals surface area contributed by atoms with Crippen LogP contribution in [0.1, 0.15) is 26.5 Å². The number of amides is 1. The van der Waals surface area contributed by atoms with Crippen LogP contribution in [0.3, 0.4) is 0 Å². The van der Waals surface area contributed by atoms with Gasteiger partial charge in [-0.25, -0.2) is 4.79 Å². The topological polar surface area (TPSA) is 63.0 Å². The van der Waals surface area contributed by atoms with Crippen molar-refractivity contribution < 1.29 is 18.7 Å². The highest BCUT2D eigenvalue weighted by atomic mass is 35.5. The molecule has 1 aliphatic heterocycles. The average Bonchev–Trinajstić information content (AvgIpc) is 3.10. The largest absolute Gasteiger partial charge is 0.463 e. The molecule has 1 amide bonds. The minimum Gasteiger partial charge on any atom is -0.463 e. The van der Waals surface area contributed by atoms with Gasteiger partial charge in [0.15, 0.2) is 0 Å². The Kier molecular flexibility index (Phi) is 5.40. The molecule has 25 heavy (non-hydrogen) atoms. The van der Waals surface area contributed by atoms with Gasteiger partial charge in [-0.2, -0.15) is 0 Å². The molecule has 1 aromatic carbocycles. The zero-order valence-electron chi connectivity index (χ0n) is 13.9. The summed E-state index contributed by atoms with van der Waals surface area (Å²) < 4.78 is 9.93. The summed E-state index contributed by atoms with van der Waals surface area (Å²) in [6, 6.07) is 8.70. The van der Waals surface area contributed by atoms with E-state index in [4.69, 9.17) is 20.8 Å². The second kappa shape index (κ2) is 7.72. The van der Waals surface area contributed by atoms with E-state index in [9.17, 15) is 9.59 Å². The van der Waals surface area contributed by atoms with Crippen LogP contribution in [0.4, 0.5) is 0 Å². The summed E-state index contributed by atoms with van der Waals surface area (Å²) >= 11 is 5.86. The van der Waals surface area contributed by atoms with Crippen LogP contribution in [-0.2, 0) is 11.3 Å². The van der Waals surface area contributed by atoms with Crippen molar-refractivity contribution in [3.8, 4) is 0 Å². The molecule has 0 saturated carbocycles. The predicted molar refractivity (Wildman–Crippen MR) is 92.7 cm³/mol. The van der Waals surface area contributed by atoms with Crippen molar-refractivity contribution >= 4 is 23.5 Å². The van der Waals surface area contributed by atoms with Crippen molar-refractivity contribution in [2.75, 3.05) is 33.3 Å². The monoisotopic (exact) mass is 362 g/mol. The van der Waals surface area contributed by atoms with Gasteiger partial charge in [0.1, 0.15) is 0 Å². The van der Waals surface area contributed by atoms with Gasteiger partial charge >= 0.3 is 5.97 Å². The van der Waals surface area contributed by atoms with E-state index in [1.807, 2.05) is 4.90 Å². The van der Waals surface area contributed by atoms with Gasteiger partial charge in [-0.1, -0.05) is 11.6 Å². The Hall–Kier alpha value is -2.31. The molecule has 7 heteroatoms. The fraction of sp³-hybridized carbons (Fsp3) is 0.333. The number of methoxy groups -OCH3 is 1. The maximum absolute atomic E-state index is 12.5.